The molecule has 2 fully saturated rings. The average Bonchev–Trinajstić information content (AvgIpc) is 2.36. The quantitative estimate of drug-likeness (QED) is 0.561. The molecule has 0 aromatic heterocycles. The van der Waals surface area contributed by atoms with Crippen LogP contribution in [0.5, 0.6) is 0 Å². The van der Waals surface area contributed by atoms with Gasteiger partial charge >= 0.3 is 0 Å². The summed E-state index contributed by atoms with van der Waals surface area (Å²) in [6.45, 7) is 2.73. The lowest BCUT2D eigenvalue weighted by Crippen LogP contribution is -2.35. The van der Waals surface area contributed by atoms with Crippen LogP contribution in [0.3, 0.4) is 0 Å². The van der Waals surface area contributed by atoms with Gasteiger partial charge in [-0.2, -0.15) is 0 Å². The van der Waals surface area contributed by atoms with Crippen LogP contribution in [0, 0.1) is 5.92 Å². The second-order valence-electron chi connectivity index (χ2n) is 4.47. The van der Waals surface area contributed by atoms with Crippen LogP contribution in [0.4, 0.5) is 0 Å². The van der Waals surface area contributed by atoms with Crippen molar-refractivity contribution in [1.82, 2.24) is 4.90 Å². The molecular formula is C11H19NO. The van der Waals surface area contributed by atoms with Gasteiger partial charge in [-0.05, 0) is 25.2 Å². The minimum Gasteiger partial charge on any atom is -0.340 e. The lowest BCUT2D eigenvalue weighted by atomic mass is 9.96. The molecule has 0 spiro atoms. The van der Waals surface area contributed by atoms with E-state index in [1.807, 2.05) is 0 Å². The van der Waals surface area contributed by atoms with Crippen LogP contribution >= 0.6 is 0 Å². The van der Waals surface area contributed by atoms with Crippen LogP contribution in [0.25, 0.3) is 0 Å². The van der Waals surface area contributed by atoms with Gasteiger partial charge in [-0.15, -0.1) is 0 Å². The molecule has 13 heavy (non-hydrogen) atoms. The molecule has 0 aromatic rings. The average molecular weight is 181 g/mol. The van der Waals surface area contributed by atoms with Crippen LogP contribution in [0.15, 0.2) is 0 Å². The van der Waals surface area contributed by atoms with Gasteiger partial charge in [0.1, 0.15) is 0 Å². The van der Waals surface area contributed by atoms with Gasteiger partial charge in [-0.1, -0.05) is 19.3 Å². The minimum atomic E-state index is 0.286. The molecule has 1 heterocycles. The highest BCUT2D eigenvalue weighted by atomic mass is 16.2. The molecule has 2 atom stereocenters. The molecule has 2 heteroatoms. The van der Waals surface area contributed by atoms with Crippen LogP contribution in [0.1, 0.15) is 45.4 Å². The normalized spacial score (nSPS) is 34.1. The molecule has 2 aliphatic rings. The van der Waals surface area contributed by atoms with Crippen molar-refractivity contribution in [3.05, 3.63) is 0 Å². The summed E-state index contributed by atoms with van der Waals surface area (Å²) in [6.07, 6.45) is 7.94. The number of rotatable bonds is 0. The molecule has 2 rings (SSSR count). The summed E-state index contributed by atoms with van der Waals surface area (Å²) >= 11 is 0. The summed E-state index contributed by atoms with van der Waals surface area (Å²) in [6, 6.07) is 0.597. The molecule has 0 unspecified atom stereocenters. The van der Waals surface area contributed by atoms with Crippen LogP contribution < -0.4 is 0 Å². The monoisotopic (exact) mass is 181 g/mol. The van der Waals surface area contributed by atoms with E-state index < -0.39 is 0 Å². The van der Waals surface area contributed by atoms with Crippen molar-refractivity contribution >= 4 is 5.91 Å². The largest absolute Gasteiger partial charge is 0.340 e. The predicted molar refractivity (Wildman–Crippen MR) is 52.4 cm³/mol. The zero-order valence-electron chi connectivity index (χ0n) is 8.46. The molecule has 74 valence electrons. The van der Waals surface area contributed by atoms with Crippen LogP contribution in [-0.2, 0) is 4.79 Å². The minimum absolute atomic E-state index is 0.286. The Bertz CT molecular complexity index is 202. The van der Waals surface area contributed by atoms with Crippen molar-refractivity contribution in [3.8, 4) is 0 Å². The smallest absolute Gasteiger partial charge is 0.219 e. The summed E-state index contributed by atoms with van der Waals surface area (Å²) in [5.74, 6) is 1.11. The van der Waals surface area contributed by atoms with Crippen molar-refractivity contribution in [1.29, 1.82) is 0 Å². The molecule has 1 amide bonds. The number of likely N-dealkylation sites (tertiary alicyclic amines) is 1. The van der Waals surface area contributed by atoms with E-state index in [1.165, 1.54) is 38.5 Å². The molecular weight excluding hydrogens is 162 g/mol. The lowest BCUT2D eigenvalue weighted by molar-refractivity contribution is -0.130. The summed E-state index contributed by atoms with van der Waals surface area (Å²) in [4.78, 5) is 13.4. The Morgan fingerprint density at radius 1 is 1.15 bits per heavy atom. The molecule has 0 bridgehead atoms. The van der Waals surface area contributed by atoms with Gasteiger partial charge in [0.05, 0.1) is 0 Å². The fourth-order valence-corrected chi connectivity index (χ4v) is 2.97. The van der Waals surface area contributed by atoms with E-state index in [2.05, 4.69) is 4.90 Å². The number of nitrogens with zero attached hydrogens (tertiary/aromatic N) is 1. The SMILES string of the molecule is CC(=O)N1CC[C@@H]2CCCCC[C@@H]21. The molecule has 0 N–H and O–H groups in total. The summed E-state index contributed by atoms with van der Waals surface area (Å²) in [5, 5.41) is 0. The van der Waals surface area contributed by atoms with Gasteiger partial charge in [0.2, 0.25) is 5.91 Å². The first kappa shape index (κ1) is 9.04. The van der Waals surface area contributed by atoms with Crippen molar-refractivity contribution in [2.45, 2.75) is 51.5 Å². The van der Waals surface area contributed by atoms with E-state index in [1.54, 1.807) is 6.92 Å². The number of carbonyl (C=O) groups excluding carboxylic acids is 1. The zero-order chi connectivity index (χ0) is 9.26. The van der Waals surface area contributed by atoms with E-state index in [0.717, 1.165) is 12.5 Å². The number of amides is 1. The van der Waals surface area contributed by atoms with Crippen molar-refractivity contribution in [2.75, 3.05) is 6.54 Å². The topological polar surface area (TPSA) is 20.3 Å². The van der Waals surface area contributed by atoms with E-state index in [-0.39, 0.29) is 5.91 Å². The highest BCUT2D eigenvalue weighted by molar-refractivity contribution is 5.74. The maximum atomic E-state index is 11.3. The van der Waals surface area contributed by atoms with E-state index in [4.69, 9.17) is 0 Å². The van der Waals surface area contributed by atoms with Crippen molar-refractivity contribution < 1.29 is 4.79 Å². The molecule has 0 aromatic carbocycles. The Balaban J connectivity index is 2.06. The Morgan fingerprint density at radius 2 is 1.92 bits per heavy atom. The summed E-state index contributed by atoms with van der Waals surface area (Å²) in [7, 11) is 0. The van der Waals surface area contributed by atoms with E-state index in [9.17, 15) is 4.79 Å². The van der Waals surface area contributed by atoms with E-state index in [0.29, 0.717) is 6.04 Å². The van der Waals surface area contributed by atoms with Gasteiger partial charge in [0.25, 0.3) is 0 Å². The highest BCUT2D eigenvalue weighted by Crippen LogP contribution is 2.34. The molecule has 1 aliphatic carbocycles. The van der Waals surface area contributed by atoms with Crippen molar-refractivity contribution in [3.63, 3.8) is 0 Å². The predicted octanol–water partition coefficient (Wildman–Crippen LogP) is 2.19. The van der Waals surface area contributed by atoms with Gasteiger partial charge in [-0.3, -0.25) is 4.79 Å². The number of hydrogen-bond donors (Lipinski definition) is 0. The van der Waals surface area contributed by atoms with Crippen LogP contribution in [0.2, 0.25) is 0 Å². The fourth-order valence-electron chi connectivity index (χ4n) is 2.97. The molecule has 2 nitrogen and oxygen atoms in total. The number of carbonyl (C=O) groups is 1. The Kier molecular flexibility index (Phi) is 2.56. The third kappa shape index (κ3) is 1.72. The van der Waals surface area contributed by atoms with Crippen LogP contribution in [-0.4, -0.2) is 23.4 Å². The van der Waals surface area contributed by atoms with Gasteiger partial charge in [0.15, 0.2) is 0 Å². The first-order valence-electron chi connectivity index (χ1n) is 5.56. The zero-order valence-corrected chi connectivity index (χ0v) is 8.46. The fraction of sp³-hybridized carbons (Fsp3) is 0.909. The second kappa shape index (κ2) is 3.69. The third-order valence-corrected chi connectivity index (χ3v) is 3.66. The van der Waals surface area contributed by atoms with Crippen molar-refractivity contribution in [2.24, 2.45) is 5.92 Å². The first-order chi connectivity index (χ1) is 6.29. The summed E-state index contributed by atoms with van der Waals surface area (Å²) in [5.41, 5.74) is 0. The number of fused-ring (bicyclic) bond motifs is 1. The molecule has 1 aliphatic heterocycles. The lowest BCUT2D eigenvalue weighted by Gasteiger charge is -2.25. The summed E-state index contributed by atoms with van der Waals surface area (Å²) < 4.78 is 0. The maximum absolute atomic E-state index is 11.3. The van der Waals surface area contributed by atoms with Gasteiger partial charge in [-0.25, -0.2) is 0 Å². The molecule has 1 saturated carbocycles. The highest BCUT2D eigenvalue weighted by Gasteiger charge is 2.35. The van der Waals surface area contributed by atoms with Gasteiger partial charge < -0.3 is 4.90 Å². The molecule has 0 radical (unpaired) electrons. The second-order valence-corrected chi connectivity index (χ2v) is 4.47. The molecule has 1 saturated heterocycles. The number of hydrogen-bond acceptors (Lipinski definition) is 1. The van der Waals surface area contributed by atoms with Gasteiger partial charge in [0, 0.05) is 19.5 Å². The maximum Gasteiger partial charge on any atom is 0.219 e. The Morgan fingerprint density at radius 3 is 2.69 bits per heavy atom. The van der Waals surface area contributed by atoms with E-state index >= 15 is 0 Å². The Hall–Kier alpha value is -0.530. The Labute approximate surface area is 80.3 Å². The third-order valence-electron chi connectivity index (χ3n) is 3.66. The first-order valence-corrected chi connectivity index (χ1v) is 5.56. The standard InChI is InChI=1S/C11H19NO/c1-9(13)12-8-7-10-5-3-2-4-6-11(10)12/h10-11H,2-8H2,1H3/t10-,11-/m0/s1.